The van der Waals surface area contributed by atoms with Crippen LogP contribution in [0, 0.1) is 6.92 Å². The molecule has 1 aromatic heterocycles. The maximum absolute atomic E-state index is 3.45. The van der Waals surface area contributed by atoms with E-state index in [2.05, 4.69) is 43.4 Å². The second kappa shape index (κ2) is 10.4. The van der Waals surface area contributed by atoms with Gasteiger partial charge in [-0.3, -0.25) is 0 Å². The monoisotopic (exact) mass is 282 g/mol. The lowest BCUT2D eigenvalue weighted by atomic mass is 10.4. The number of hydrogen-bond acceptors (Lipinski definition) is 3. The molecule has 0 unspecified atom stereocenters. The van der Waals surface area contributed by atoms with Crippen LogP contribution in [0.15, 0.2) is 12.1 Å². The summed E-state index contributed by atoms with van der Waals surface area (Å²) in [6, 6.07) is 4.39. The largest absolute Gasteiger partial charge is 1.00 e. The van der Waals surface area contributed by atoms with E-state index in [1.807, 2.05) is 11.3 Å². The molecule has 0 aliphatic rings. The second-order valence-corrected chi connectivity index (χ2v) is 5.22. The van der Waals surface area contributed by atoms with Crippen LogP contribution < -0.4 is 30.1 Å². The van der Waals surface area contributed by atoms with Crippen LogP contribution in [0.4, 0.5) is 0 Å². The van der Waals surface area contributed by atoms with Crippen LogP contribution in [0.5, 0.6) is 0 Å². The van der Waals surface area contributed by atoms with Gasteiger partial charge in [-0.25, -0.2) is 0 Å². The Bertz CT molecular complexity index is 264. The fourth-order valence-electron chi connectivity index (χ4n) is 1.31. The highest BCUT2D eigenvalue weighted by Crippen LogP contribution is 2.14. The van der Waals surface area contributed by atoms with Gasteiger partial charge in [-0.15, -0.1) is 11.3 Å². The smallest absolute Gasteiger partial charge is 0.0299 e. The van der Waals surface area contributed by atoms with Crippen LogP contribution in [0.3, 0.4) is 0 Å². The van der Waals surface area contributed by atoms with E-state index in [0.717, 1.165) is 19.6 Å². The van der Waals surface area contributed by atoms with Crippen LogP contribution in [0.25, 0.3) is 0 Å². The Balaban J connectivity index is 0. The highest BCUT2D eigenvalue weighted by Gasteiger charge is 1.95. The van der Waals surface area contributed by atoms with Gasteiger partial charge < -0.3 is 35.0 Å². The Morgan fingerprint density at radius 3 is 2.44 bits per heavy atom. The molecular weight excluding hydrogens is 263 g/mol. The van der Waals surface area contributed by atoms with Crippen molar-refractivity contribution in [3.05, 3.63) is 21.9 Å². The van der Waals surface area contributed by atoms with Gasteiger partial charge in [0.15, 0.2) is 0 Å². The first-order chi connectivity index (χ1) is 6.68. The van der Waals surface area contributed by atoms with Crippen molar-refractivity contribution in [1.82, 2.24) is 10.2 Å². The summed E-state index contributed by atoms with van der Waals surface area (Å²) < 4.78 is 0. The predicted octanol–water partition coefficient (Wildman–Crippen LogP) is -3.89. The van der Waals surface area contributed by atoms with Gasteiger partial charge >= 0.3 is 0 Å². The molecule has 0 amide bonds. The first-order valence-corrected chi connectivity index (χ1v) is 5.91. The second-order valence-electron chi connectivity index (χ2n) is 3.85. The van der Waals surface area contributed by atoms with E-state index in [0.29, 0.717) is 0 Å². The molecular formula is C11H20Cl2N2S-2. The van der Waals surface area contributed by atoms with Crippen LogP contribution in [-0.2, 0) is 6.54 Å². The summed E-state index contributed by atoms with van der Waals surface area (Å²) in [5, 5.41) is 3.45. The van der Waals surface area contributed by atoms with E-state index in [1.54, 1.807) is 0 Å². The fraction of sp³-hybridized carbons (Fsp3) is 0.636. The molecule has 0 saturated carbocycles. The maximum atomic E-state index is 3.45. The summed E-state index contributed by atoms with van der Waals surface area (Å²) in [6.45, 7) is 5.44. The molecule has 0 bridgehead atoms. The van der Waals surface area contributed by atoms with Gasteiger partial charge in [0.1, 0.15) is 0 Å². The van der Waals surface area contributed by atoms with E-state index < -0.39 is 0 Å². The average molecular weight is 283 g/mol. The van der Waals surface area contributed by atoms with E-state index >= 15 is 0 Å². The predicted molar refractivity (Wildman–Crippen MR) is 63.9 cm³/mol. The van der Waals surface area contributed by atoms with Crippen molar-refractivity contribution in [2.24, 2.45) is 0 Å². The topological polar surface area (TPSA) is 15.3 Å². The van der Waals surface area contributed by atoms with Crippen LogP contribution >= 0.6 is 11.3 Å². The lowest BCUT2D eigenvalue weighted by molar-refractivity contribution is -0.00100. The Hall–Kier alpha value is 0.200. The van der Waals surface area contributed by atoms with Crippen molar-refractivity contribution in [2.75, 3.05) is 27.2 Å². The Morgan fingerprint density at radius 1 is 1.25 bits per heavy atom. The zero-order valence-electron chi connectivity index (χ0n) is 10.1. The van der Waals surface area contributed by atoms with Crippen molar-refractivity contribution in [3.63, 3.8) is 0 Å². The van der Waals surface area contributed by atoms with Crippen molar-refractivity contribution in [3.8, 4) is 0 Å². The van der Waals surface area contributed by atoms with Crippen LogP contribution in [-0.4, -0.2) is 32.1 Å². The van der Waals surface area contributed by atoms with Crippen molar-refractivity contribution >= 4 is 11.3 Å². The molecule has 96 valence electrons. The summed E-state index contributed by atoms with van der Waals surface area (Å²) in [6.07, 6.45) is 1.22. The van der Waals surface area contributed by atoms with Gasteiger partial charge in [0.2, 0.25) is 0 Å². The molecule has 0 aliphatic carbocycles. The number of aryl methyl sites for hydroxylation is 1. The molecule has 0 atom stereocenters. The molecule has 0 spiro atoms. The summed E-state index contributed by atoms with van der Waals surface area (Å²) in [5.41, 5.74) is 0. The Labute approximate surface area is 115 Å². The molecule has 1 heterocycles. The van der Waals surface area contributed by atoms with E-state index in [9.17, 15) is 0 Å². The first-order valence-electron chi connectivity index (χ1n) is 5.09. The van der Waals surface area contributed by atoms with E-state index in [1.165, 1.54) is 16.2 Å². The SMILES string of the molecule is Cc1ccc(CNCCCN(C)C)s1.[Cl-].[Cl-]. The fourth-order valence-corrected chi connectivity index (χ4v) is 2.17. The van der Waals surface area contributed by atoms with Crippen molar-refractivity contribution in [1.29, 1.82) is 0 Å². The van der Waals surface area contributed by atoms with Gasteiger partial charge in [-0.1, -0.05) is 0 Å². The third-order valence-electron chi connectivity index (χ3n) is 2.05. The molecule has 5 heteroatoms. The highest BCUT2D eigenvalue weighted by molar-refractivity contribution is 7.11. The van der Waals surface area contributed by atoms with Gasteiger partial charge in [0.05, 0.1) is 0 Å². The van der Waals surface area contributed by atoms with E-state index in [4.69, 9.17) is 0 Å². The van der Waals surface area contributed by atoms with Crippen LogP contribution in [0.1, 0.15) is 16.2 Å². The molecule has 0 aliphatic heterocycles. The quantitative estimate of drug-likeness (QED) is 0.537. The molecule has 0 aromatic carbocycles. The van der Waals surface area contributed by atoms with Gasteiger partial charge in [0, 0.05) is 16.3 Å². The van der Waals surface area contributed by atoms with Gasteiger partial charge in [-0.05, 0) is 52.7 Å². The third kappa shape index (κ3) is 8.36. The van der Waals surface area contributed by atoms with Gasteiger partial charge in [-0.2, -0.15) is 0 Å². The minimum atomic E-state index is 0. The maximum Gasteiger partial charge on any atom is 0.0299 e. The number of halogens is 2. The molecule has 1 aromatic rings. The van der Waals surface area contributed by atoms with Crippen molar-refractivity contribution in [2.45, 2.75) is 19.9 Å². The average Bonchev–Trinajstić information content (AvgIpc) is 2.50. The summed E-state index contributed by atoms with van der Waals surface area (Å²) in [4.78, 5) is 5.05. The molecule has 1 N–H and O–H groups in total. The summed E-state index contributed by atoms with van der Waals surface area (Å²) >= 11 is 1.88. The molecule has 0 saturated heterocycles. The number of hydrogen-bond donors (Lipinski definition) is 1. The third-order valence-corrected chi connectivity index (χ3v) is 3.05. The number of rotatable bonds is 6. The minimum Gasteiger partial charge on any atom is -1.00 e. The van der Waals surface area contributed by atoms with Crippen LogP contribution in [0.2, 0.25) is 0 Å². The molecule has 1 rings (SSSR count). The summed E-state index contributed by atoms with van der Waals surface area (Å²) in [5.74, 6) is 0. The lowest BCUT2D eigenvalue weighted by Gasteiger charge is -2.09. The first kappa shape index (κ1) is 18.6. The standard InChI is InChI=1S/C11H20N2S.2ClH/c1-10-5-6-11(14-10)9-12-7-4-8-13(2)3;;/h5-6,12H,4,7-9H2,1-3H3;2*1H/p-2. The zero-order valence-corrected chi connectivity index (χ0v) is 12.4. The van der Waals surface area contributed by atoms with Gasteiger partial charge in [0.25, 0.3) is 0 Å². The normalized spacial score (nSPS) is 9.75. The Morgan fingerprint density at radius 2 is 1.94 bits per heavy atom. The molecule has 2 nitrogen and oxygen atoms in total. The highest BCUT2D eigenvalue weighted by atomic mass is 35.5. The van der Waals surface area contributed by atoms with E-state index in [-0.39, 0.29) is 24.8 Å². The number of nitrogens with zero attached hydrogens (tertiary/aromatic N) is 1. The van der Waals surface area contributed by atoms with Crippen molar-refractivity contribution < 1.29 is 24.8 Å². The summed E-state index contributed by atoms with van der Waals surface area (Å²) in [7, 11) is 4.23. The molecule has 16 heavy (non-hydrogen) atoms. The zero-order chi connectivity index (χ0) is 10.4. The number of nitrogens with one attached hydrogen (secondary N) is 1. The Kier molecular flexibility index (Phi) is 12.0. The molecule has 0 fully saturated rings. The number of thiophene rings is 1. The lowest BCUT2D eigenvalue weighted by Crippen LogP contribution is -3.00. The minimum absolute atomic E-state index is 0. The molecule has 0 radical (unpaired) electrons.